The third kappa shape index (κ3) is 3.62. The van der Waals surface area contributed by atoms with Crippen molar-refractivity contribution in [2.24, 2.45) is 5.10 Å². The molecule has 0 N–H and O–H groups in total. The maximum atomic E-state index is 4.84. The van der Waals surface area contributed by atoms with Crippen LogP contribution in [-0.4, -0.2) is 5.71 Å². The Balaban J connectivity index is 1.91. The molecule has 1 heterocycles. The van der Waals surface area contributed by atoms with Gasteiger partial charge < -0.3 is 0 Å². The van der Waals surface area contributed by atoms with Gasteiger partial charge in [0.2, 0.25) is 0 Å². The lowest BCUT2D eigenvalue weighted by atomic mass is 10.2. The normalized spacial score (nSPS) is 11.4. The molecule has 3 aromatic rings. The molecule has 1 aromatic heterocycles. The number of hydrazone groups is 1. The van der Waals surface area contributed by atoms with E-state index in [-0.39, 0.29) is 0 Å². The van der Waals surface area contributed by atoms with Crippen molar-refractivity contribution in [3.63, 3.8) is 0 Å². The number of nitrogens with zero attached hydrogens (tertiary/aromatic N) is 2. The predicted octanol–water partition coefficient (Wildman–Crippen LogP) is 5.18. The first-order valence-electron chi connectivity index (χ1n) is 7.28. The number of para-hydroxylation sites is 1. The topological polar surface area (TPSA) is 15.6 Å². The molecular weight excluding hydrogens is 288 g/mol. The molecule has 0 saturated heterocycles. The van der Waals surface area contributed by atoms with E-state index in [1.807, 2.05) is 24.3 Å². The van der Waals surface area contributed by atoms with Crippen LogP contribution in [0.15, 0.2) is 83.3 Å². The van der Waals surface area contributed by atoms with E-state index in [1.165, 1.54) is 10.4 Å². The molecule has 0 saturated carbocycles. The Morgan fingerprint density at radius 2 is 1.59 bits per heavy atom. The van der Waals surface area contributed by atoms with Gasteiger partial charge in [-0.15, -0.1) is 11.3 Å². The average Bonchev–Trinajstić information content (AvgIpc) is 3.11. The molecule has 0 aliphatic heterocycles. The zero-order valence-corrected chi connectivity index (χ0v) is 13.3. The summed E-state index contributed by atoms with van der Waals surface area (Å²) in [6, 6.07) is 24.9. The van der Waals surface area contributed by atoms with Crippen LogP contribution in [0.5, 0.6) is 0 Å². The Hall–Kier alpha value is -2.39. The smallest absolute Gasteiger partial charge is 0.0750 e. The third-order valence-electron chi connectivity index (χ3n) is 3.38. The van der Waals surface area contributed by atoms with E-state index in [2.05, 4.69) is 65.8 Å². The summed E-state index contributed by atoms with van der Waals surface area (Å²) in [5.74, 6) is 0. The zero-order chi connectivity index (χ0) is 15.2. The van der Waals surface area contributed by atoms with E-state index in [4.69, 9.17) is 5.10 Å². The highest BCUT2D eigenvalue weighted by Crippen LogP contribution is 2.19. The summed E-state index contributed by atoms with van der Waals surface area (Å²) in [5.41, 5.74) is 3.38. The number of rotatable bonds is 5. The highest BCUT2D eigenvalue weighted by molar-refractivity contribution is 7.12. The Morgan fingerprint density at radius 1 is 0.909 bits per heavy atom. The van der Waals surface area contributed by atoms with Gasteiger partial charge in [0.15, 0.2) is 0 Å². The van der Waals surface area contributed by atoms with Gasteiger partial charge >= 0.3 is 0 Å². The molecule has 22 heavy (non-hydrogen) atoms. The van der Waals surface area contributed by atoms with Crippen LogP contribution in [0.25, 0.3) is 0 Å². The van der Waals surface area contributed by atoms with Crippen LogP contribution in [0, 0.1) is 0 Å². The van der Waals surface area contributed by atoms with Gasteiger partial charge in [-0.1, -0.05) is 54.6 Å². The molecule has 2 aromatic carbocycles. The summed E-state index contributed by atoms with van der Waals surface area (Å²) in [7, 11) is 0. The van der Waals surface area contributed by atoms with E-state index in [9.17, 15) is 0 Å². The fourth-order valence-electron chi connectivity index (χ4n) is 2.26. The second kappa shape index (κ2) is 7.05. The fourth-order valence-corrected chi connectivity index (χ4v) is 2.93. The third-order valence-corrected chi connectivity index (χ3v) is 4.36. The van der Waals surface area contributed by atoms with Crippen molar-refractivity contribution in [3.8, 4) is 0 Å². The molecule has 0 atom stereocenters. The van der Waals surface area contributed by atoms with Crippen LogP contribution in [0.2, 0.25) is 0 Å². The second-order valence-corrected chi connectivity index (χ2v) is 5.99. The van der Waals surface area contributed by atoms with Crippen molar-refractivity contribution in [1.82, 2.24) is 0 Å². The largest absolute Gasteiger partial charge is 0.261 e. The number of benzene rings is 2. The summed E-state index contributed by atoms with van der Waals surface area (Å²) < 4.78 is 0. The molecular formula is C19H18N2S. The molecule has 0 fully saturated rings. The van der Waals surface area contributed by atoms with E-state index >= 15 is 0 Å². The monoisotopic (exact) mass is 306 g/mol. The second-order valence-electron chi connectivity index (χ2n) is 5.04. The SMILES string of the molecule is C/C(=N\N(Cc1ccccc1)c1ccccc1)c1cccs1. The van der Waals surface area contributed by atoms with Crippen molar-refractivity contribution in [1.29, 1.82) is 0 Å². The Morgan fingerprint density at radius 3 is 2.23 bits per heavy atom. The van der Waals surface area contributed by atoms with E-state index in [0.717, 1.165) is 17.9 Å². The van der Waals surface area contributed by atoms with Gasteiger partial charge in [0.05, 0.1) is 22.8 Å². The number of hydrogen-bond acceptors (Lipinski definition) is 3. The quantitative estimate of drug-likeness (QED) is 0.468. The molecule has 0 unspecified atom stereocenters. The highest BCUT2D eigenvalue weighted by Gasteiger charge is 2.08. The summed E-state index contributed by atoms with van der Waals surface area (Å²) in [4.78, 5) is 1.20. The minimum absolute atomic E-state index is 0.758. The van der Waals surface area contributed by atoms with Crippen molar-refractivity contribution in [3.05, 3.63) is 88.6 Å². The summed E-state index contributed by atoms with van der Waals surface area (Å²) in [5, 5.41) is 8.99. The molecule has 110 valence electrons. The lowest BCUT2D eigenvalue weighted by Gasteiger charge is -2.20. The minimum Gasteiger partial charge on any atom is -0.261 e. The molecule has 0 aliphatic rings. The van der Waals surface area contributed by atoms with Gasteiger partial charge in [0.25, 0.3) is 0 Å². The standard InChI is InChI=1S/C19H18N2S/c1-16(19-13-8-14-22-19)20-21(18-11-6-3-7-12-18)15-17-9-4-2-5-10-17/h2-14H,15H2,1H3/b20-16+. The van der Waals surface area contributed by atoms with Crippen LogP contribution in [-0.2, 0) is 6.54 Å². The zero-order valence-electron chi connectivity index (χ0n) is 12.5. The van der Waals surface area contributed by atoms with Gasteiger partial charge in [-0.25, -0.2) is 0 Å². The lowest BCUT2D eigenvalue weighted by molar-refractivity contribution is 0.854. The molecule has 0 amide bonds. The highest BCUT2D eigenvalue weighted by atomic mass is 32.1. The molecule has 0 aliphatic carbocycles. The molecule has 0 bridgehead atoms. The Bertz CT molecular complexity index is 719. The predicted molar refractivity (Wildman–Crippen MR) is 95.6 cm³/mol. The maximum Gasteiger partial charge on any atom is 0.0750 e. The molecule has 2 nitrogen and oxygen atoms in total. The fraction of sp³-hybridized carbons (Fsp3) is 0.105. The van der Waals surface area contributed by atoms with Gasteiger partial charge in [0, 0.05) is 0 Å². The Kier molecular flexibility index (Phi) is 4.66. The van der Waals surface area contributed by atoms with E-state index in [0.29, 0.717) is 0 Å². The van der Waals surface area contributed by atoms with Gasteiger partial charge in [0.1, 0.15) is 0 Å². The lowest BCUT2D eigenvalue weighted by Crippen LogP contribution is -2.17. The minimum atomic E-state index is 0.758. The first-order valence-corrected chi connectivity index (χ1v) is 8.16. The number of anilines is 1. The van der Waals surface area contributed by atoms with Gasteiger partial charge in [-0.05, 0) is 36.1 Å². The van der Waals surface area contributed by atoms with Crippen LogP contribution in [0.1, 0.15) is 17.4 Å². The average molecular weight is 306 g/mol. The first kappa shape index (κ1) is 14.5. The van der Waals surface area contributed by atoms with Crippen LogP contribution < -0.4 is 5.01 Å². The van der Waals surface area contributed by atoms with Crippen LogP contribution in [0.4, 0.5) is 5.69 Å². The molecule has 3 heteroatoms. The Labute approximate surface area is 135 Å². The summed E-state index contributed by atoms with van der Waals surface area (Å²) >= 11 is 1.72. The van der Waals surface area contributed by atoms with E-state index in [1.54, 1.807) is 11.3 Å². The summed E-state index contributed by atoms with van der Waals surface area (Å²) in [6.07, 6.45) is 0. The number of thiophene rings is 1. The number of hydrogen-bond donors (Lipinski definition) is 0. The van der Waals surface area contributed by atoms with Crippen LogP contribution >= 0.6 is 11.3 Å². The molecule has 0 radical (unpaired) electrons. The maximum absolute atomic E-state index is 4.84. The van der Waals surface area contributed by atoms with Crippen molar-refractivity contribution >= 4 is 22.7 Å². The van der Waals surface area contributed by atoms with Crippen molar-refractivity contribution in [2.45, 2.75) is 13.5 Å². The first-order chi connectivity index (χ1) is 10.8. The molecule has 0 spiro atoms. The van der Waals surface area contributed by atoms with E-state index < -0.39 is 0 Å². The molecule has 3 rings (SSSR count). The summed E-state index contributed by atoms with van der Waals surface area (Å²) in [6.45, 7) is 2.82. The van der Waals surface area contributed by atoms with Crippen LogP contribution in [0.3, 0.4) is 0 Å². The van der Waals surface area contributed by atoms with Crippen molar-refractivity contribution < 1.29 is 0 Å². The van der Waals surface area contributed by atoms with Crippen molar-refractivity contribution in [2.75, 3.05) is 5.01 Å². The van der Waals surface area contributed by atoms with Gasteiger partial charge in [-0.3, -0.25) is 5.01 Å². The van der Waals surface area contributed by atoms with Gasteiger partial charge in [-0.2, -0.15) is 5.10 Å².